The molecule has 1 aliphatic heterocycles. The van der Waals surface area contributed by atoms with Gasteiger partial charge in [-0.25, -0.2) is 0 Å². The van der Waals surface area contributed by atoms with E-state index in [1.54, 1.807) is 7.11 Å². The van der Waals surface area contributed by atoms with Crippen molar-refractivity contribution in [3.8, 4) is 5.75 Å². The largest absolute Gasteiger partial charge is 0.496 e. The van der Waals surface area contributed by atoms with Gasteiger partial charge in [-0.2, -0.15) is 0 Å². The second kappa shape index (κ2) is 5.82. The first-order chi connectivity index (χ1) is 8.22. The number of ether oxygens (including phenoxy) is 3. The standard InChI is InChI=1S/C12H16BrNO3/c1-15-10-3-2-8(6-9(10)13)12(14)11-7-16-4-5-17-11/h2-3,6,11-12H,4-5,7,14H2,1H3. The summed E-state index contributed by atoms with van der Waals surface area (Å²) in [4.78, 5) is 0. The lowest BCUT2D eigenvalue weighted by molar-refractivity contribution is -0.0975. The summed E-state index contributed by atoms with van der Waals surface area (Å²) in [6.45, 7) is 1.80. The molecule has 94 valence electrons. The highest BCUT2D eigenvalue weighted by Crippen LogP contribution is 2.29. The molecule has 0 aromatic heterocycles. The van der Waals surface area contributed by atoms with Crippen molar-refractivity contribution < 1.29 is 14.2 Å². The Bertz CT molecular complexity index is 380. The van der Waals surface area contributed by atoms with Gasteiger partial charge >= 0.3 is 0 Å². The Balaban J connectivity index is 2.12. The molecule has 0 aliphatic carbocycles. The van der Waals surface area contributed by atoms with Crippen LogP contribution in [0.4, 0.5) is 0 Å². The van der Waals surface area contributed by atoms with E-state index in [1.165, 1.54) is 0 Å². The lowest BCUT2D eigenvalue weighted by atomic mass is 10.0. The van der Waals surface area contributed by atoms with Crippen LogP contribution in [-0.4, -0.2) is 33.0 Å². The summed E-state index contributed by atoms with van der Waals surface area (Å²) in [5, 5.41) is 0. The highest BCUT2D eigenvalue weighted by molar-refractivity contribution is 9.10. The van der Waals surface area contributed by atoms with Crippen LogP contribution < -0.4 is 10.5 Å². The lowest BCUT2D eigenvalue weighted by Crippen LogP contribution is -2.37. The molecule has 0 bridgehead atoms. The van der Waals surface area contributed by atoms with Crippen molar-refractivity contribution in [2.45, 2.75) is 12.1 Å². The minimum absolute atomic E-state index is 0.0796. The third kappa shape index (κ3) is 2.98. The van der Waals surface area contributed by atoms with Gasteiger partial charge in [-0.3, -0.25) is 0 Å². The summed E-state index contributed by atoms with van der Waals surface area (Å²) >= 11 is 3.45. The molecule has 1 heterocycles. The predicted molar refractivity (Wildman–Crippen MR) is 68.2 cm³/mol. The van der Waals surface area contributed by atoms with E-state index in [4.69, 9.17) is 19.9 Å². The molecular formula is C12H16BrNO3. The van der Waals surface area contributed by atoms with Crippen molar-refractivity contribution in [2.24, 2.45) is 5.73 Å². The number of halogens is 1. The lowest BCUT2D eigenvalue weighted by Gasteiger charge is -2.28. The van der Waals surface area contributed by atoms with E-state index in [2.05, 4.69) is 15.9 Å². The second-order valence-corrected chi connectivity index (χ2v) is 4.76. The molecule has 1 aromatic carbocycles. The Morgan fingerprint density at radius 2 is 2.29 bits per heavy atom. The molecule has 2 rings (SSSR count). The van der Waals surface area contributed by atoms with Crippen LogP contribution in [0.1, 0.15) is 11.6 Å². The van der Waals surface area contributed by atoms with Gasteiger partial charge in [-0.05, 0) is 33.6 Å². The zero-order valence-electron chi connectivity index (χ0n) is 9.69. The second-order valence-electron chi connectivity index (χ2n) is 3.90. The van der Waals surface area contributed by atoms with Crippen molar-refractivity contribution in [1.82, 2.24) is 0 Å². The number of nitrogens with two attached hydrogens (primary N) is 1. The summed E-state index contributed by atoms with van der Waals surface area (Å²) in [7, 11) is 1.64. The fourth-order valence-electron chi connectivity index (χ4n) is 1.82. The Kier molecular flexibility index (Phi) is 4.39. The maximum Gasteiger partial charge on any atom is 0.133 e. The van der Waals surface area contributed by atoms with E-state index in [0.29, 0.717) is 19.8 Å². The van der Waals surface area contributed by atoms with E-state index in [-0.39, 0.29) is 12.1 Å². The van der Waals surface area contributed by atoms with Crippen LogP contribution in [0.5, 0.6) is 5.75 Å². The number of hydrogen-bond donors (Lipinski definition) is 1. The molecule has 2 atom stereocenters. The first kappa shape index (κ1) is 12.8. The summed E-state index contributed by atoms with van der Waals surface area (Å²) < 4.78 is 17.0. The molecule has 0 amide bonds. The van der Waals surface area contributed by atoms with Crippen molar-refractivity contribution in [2.75, 3.05) is 26.9 Å². The third-order valence-electron chi connectivity index (χ3n) is 2.80. The molecular weight excluding hydrogens is 286 g/mol. The van der Waals surface area contributed by atoms with Crippen LogP contribution >= 0.6 is 15.9 Å². The Morgan fingerprint density at radius 3 is 2.88 bits per heavy atom. The maximum absolute atomic E-state index is 6.16. The van der Waals surface area contributed by atoms with Gasteiger partial charge in [0.25, 0.3) is 0 Å². The fourth-order valence-corrected chi connectivity index (χ4v) is 2.38. The normalized spacial score (nSPS) is 22.2. The summed E-state index contributed by atoms with van der Waals surface area (Å²) in [5.41, 5.74) is 7.17. The fraction of sp³-hybridized carbons (Fsp3) is 0.500. The highest BCUT2D eigenvalue weighted by Gasteiger charge is 2.23. The topological polar surface area (TPSA) is 53.7 Å². The van der Waals surface area contributed by atoms with Gasteiger partial charge in [0.2, 0.25) is 0 Å². The predicted octanol–water partition coefficient (Wildman–Crippen LogP) is 1.87. The molecule has 17 heavy (non-hydrogen) atoms. The first-order valence-electron chi connectivity index (χ1n) is 5.50. The van der Waals surface area contributed by atoms with Crippen LogP contribution in [0.25, 0.3) is 0 Å². The molecule has 2 unspecified atom stereocenters. The van der Waals surface area contributed by atoms with Crippen molar-refractivity contribution in [1.29, 1.82) is 0 Å². The Morgan fingerprint density at radius 1 is 1.47 bits per heavy atom. The van der Waals surface area contributed by atoms with Gasteiger partial charge in [0.15, 0.2) is 0 Å². The molecule has 1 aromatic rings. The molecule has 0 spiro atoms. The van der Waals surface area contributed by atoms with E-state index < -0.39 is 0 Å². The summed E-state index contributed by atoms with van der Waals surface area (Å²) in [6.07, 6.45) is -0.0796. The van der Waals surface area contributed by atoms with Gasteiger partial charge in [0.1, 0.15) is 11.9 Å². The quantitative estimate of drug-likeness (QED) is 0.926. The Hall–Kier alpha value is -0.620. The molecule has 4 nitrogen and oxygen atoms in total. The van der Waals surface area contributed by atoms with Gasteiger partial charge in [-0.15, -0.1) is 0 Å². The maximum atomic E-state index is 6.16. The van der Waals surface area contributed by atoms with Crippen molar-refractivity contribution >= 4 is 15.9 Å². The molecule has 0 saturated carbocycles. The van der Waals surface area contributed by atoms with Crippen LogP contribution in [-0.2, 0) is 9.47 Å². The SMILES string of the molecule is COc1ccc(C(N)C2COCCO2)cc1Br. The summed E-state index contributed by atoms with van der Waals surface area (Å²) in [6, 6.07) is 5.62. The number of benzene rings is 1. The number of methoxy groups -OCH3 is 1. The Labute approximate surface area is 109 Å². The van der Waals surface area contributed by atoms with Crippen molar-refractivity contribution in [3.63, 3.8) is 0 Å². The summed E-state index contributed by atoms with van der Waals surface area (Å²) in [5.74, 6) is 0.793. The average molecular weight is 302 g/mol. The van der Waals surface area contributed by atoms with E-state index in [0.717, 1.165) is 15.8 Å². The minimum atomic E-state index is -0.183. The van der Waals surface area contributed by atoms with Crippen LogP contribution in [0.3, 0.4) is 0 Å². The van der Waals surface area contributed by atoms with Crippen LogP contribution in [0.2, 0.25) is 0 Å². The average Bonchev–Trinajstić information content (AvgIpc) is 2.39. The van der Waals surface area contributed by atoms with Crippen LogP contribution in [0.15, 0.2) is 22.7 Å². The first-order valence-corrected chi connectivity index (χ1v) is 6.30. The molecule has 1 aliphatic rings. The monoisotopic (exact) mass is 301 g/mol. The van der Waals surface area contributed by atoms with E-state index in [9.17, 15) is 0 Å². The van der Waals surface area contributed by atoms with E-state index >= 15 is 0 Å². The molecule has 2 N–H and O–H groups in total. The van der Waals surface area contributed by atoms with Gasteiger partial charge in [0.05, 0.1) is 37.4 Å². The zero-order valence-corrected chi connectivity index (χ0v) is 11.3. The zero-order chi connectivity index (χ0) is 12.3. The van der Waals surface area contributed by atoms with Crippen molar-refractivity contribution in [3.05, 3.63) is 28.2 Å². The third-order valence-corrected chi connectivity index (χ3v) is 3.42. The molecule has 0 radical (unpaired) electrons. The number of hydrogen-bond acceptors (Lipinski definition) is 4. The molecule has 1 saturated heterocycles. The number of rotatable bonds is 3. The molecule has 5 heteroatoms. The van der Waals surface area contributed by atoms with Crippen LogP contribution in [0, 0.1) is 0 Å². The highest BCUT2D eigenvalue weighted by atomic mass is 79.9. The minimum Gasteiger partial charge on any atom is -0.496 e. The van der Waals surface area contributed by atoms with E-state index in [1.807, 2.05) is 18.2 Å². The smallest absolute Gasteiger partial charge is 0.133 e. The molecule has 1 fully saturated rings. The van der Waals surface area contributed by atoms with Gasteiger partial charge in [-0.1, -0.05) is 6.07 Å². The van der Waals surface area contributed by atoms with Gasteiger partial charge < -0.3 is 19.9 Å². The van der Waals surface area contributed by atoms with Gasteiger partial charge in [0, 0.05) is 0 Å².